The number of methoxy groups -OCH3 is 1. The van der Waals surface area contributed by atoms with Crippen LogP contribution in [-0.2, 0) is 28.9 Å². The number of hydrogen-bond donors (Lipinski definition) is 0. The molecule has 2 aromatic heterocycles. The number of esters is 1. The van der Waals surface area contributed by atoms with E-state index in [-0.39, 0.29) is 12.4 Å². The van der Waals surface area contributed by atoms with Crippen molar-refractivity contribution in [3.63, 3.8) is 0 Å². The van der Waals surface area contributed by atoms with Gasteiger partial charge in [-0.2, -0.15) is 0 Å². The summed E-state index contributed by atoms with van der Waals surface area (Å²) in [5.74, 6) is 0.940. The third kappa shape index (κ3) is 5.87. The maximum atomic E-state index is 12.5. The first-order valence-electron chi connectivity index (χ1n) is 12.4. The minimum absolute atomic E-state index is 0.0361. The monoisotopic (exact) mass is 566 g/mol. The lowest BCUT2D eigenvalue weighted by atomic mass is 9.99. The summed E-state index contributed by atoms with van der Waals surface area (Å²) in [5.41, 5.74) is 5.80. The van der Waals surface area contributed by atoms with Crippen LogP contribution < -0.4 is 4.90 Å². The van der Waals surface area contributed by atoms with E-state index in [1.54, 1.807) is 6.20 Å². The number of pyridine rings is 1. The van der Waals surface area contributed by atoms with E-state index < -0.39 is 0 Å². The summed E-state index contributed by atoms with van der Waals surface area (Å²) >= 11 is 3.54. The van der Waals surface area contributed by atoms with Crippen LogP contribution in [0.25, 0.3) is 11.3 Å². The second kappa shape index (κ2) is 11.9. The Morgan fingerprint density at radius 2 is 1.58 bits per heavy atom. The van der Waals surface area contributed by atoms with Crippen LogP contribution in [0, 0.1) is 0 Å². The van der Waals surface area contributed by atoms with Gasteiger partial charge in [-0.3, -0.25) is 9.78 Å². The molecule has 6 heteroatoms. The SMILES string of the molecule is COC(=O)Cc1oc(-c2ccc(Br)cc2)c(N(Cc2ccccn2)c2ccccc2)c1Cc1ccccc1. The van der Waals surface area contributed by atoms with Crippen LogP contribution in [0.1, 0.15) is 22.6 Å². The van der Waals surface area contributed by atoms with Gasteiger partial charge in [0, 0.05) is 33.9 Å². The van der Waals surface area contributed by atoms with Gasteiger partial charge in [-0.05, 0) is 42.0 Å². The topological polar surface area (TPSA) is 55.6 Å². The summed E-state index contributed by atoms with van der Waals surface area (Å²) in [6, 6.07) is 34.3. The predicted molar refractivity (Wildman–Crippen MR) is 153 cm³/mol. The molecule has 0 atom stereocenters. The second-order valence-electron chi connectivity index (χ2n) is 8.85. The lowest BCUT2D eigenvalue weighted by Crippen LogP contribution is -2.19. The van der Waals surface area contributed by atoms with Gasteiger partial charge < -0.3 is 14.1 Å². The number of ether oxygens (including phenoxy) is 1. The van der Waals surface area contributed by atoms with E-state index >= 15 is 0 Å². The van der Waals surface area contributed by atoms with Gasteiger partial charge in [0.1, 0.15) is 12.2 Å². The van der Waals surface area contributed by atoms with Crippen molar-refractivity contribution in [1.29, 1.82) is 0 Å². The number of carbonyl (C=O) groups excluding carboxylic acids is 1. The molecule has 0 bridgehead atoms. The van der Waals surface area contributed by atoms with Crippen molar-refractivity contribution in [3.8, 4) is 11.3 Å². The molecule has 5 rings (SSSR count). The molecular formula is C32H27BrN2O3. The van der Waals surface area contributed by atoms with Gasteiger partial charge in [0.15, 0.2) is 5.76 Å². The number of benzene rings is 3. The highest BCUT2D eigenvalue weighted by molar-refractivity contribution is 9.10. The molecule has 0 radical (unpaired) electrons. The molecule has 0 aliphatic carbocycles. The number of furan rings is 1. The summed E-state index contributed by atoms with van der Waals surface area (Å²) in [6.45, 7) is 0.521. The van der Waals surface area contributed by atoms with E-state index in [4.69, 9.17) is 9.15 Å². The lowest BCUT2D eigenvalue weighted by molar-refractivity contribution is -0.140. The van der Waals surface area contributed by atoms with Crippen molar-refractivity contribution in [2.24, 2.45) is 0 Å². The minimum atomic E-state index is -0.349. The number of rotatable bonds is 9. The minimum Gasteiger partial charge on any atom is -0.469 e. The van der Waals surface area contributed by atoms with Gasteiger partial charge >= 0.3 is 5.97 Å². The van der Waals surface area contributed by atoms with Gasteiger partial charge in [0.25, 0.3) is 0 Å². The standard InChI is InChI=1S/C32H27BrN2O3/c1-37-30(36)21-29-28(20-23-10-4-2-5-11-23)31(32(38-29)24-15-17-25(33)18-16-24)35(27-13-6-3-7-14-27)22-26-12-8-9-19-34-26/h2-19H,20-22H2,1H3. The van der Waals surface area contributed by atoms with Crippen molar-refractivity contribution in [1.82, 2.24) is 4.98 Å². The number of anilines is 2. The molecule has 0 N–H and O–H groups in total. The quantitative estimate of drug-likeness (QED) is 0.171. The number of halogens is 1. The number of hydrogen-bond acceptors (Lipinski definition) is 5. The molecule has 38 heavy (non-hydrogen) atoms. The molecule has 2 heterocycles. The summed E-state index contributed by atoms with van der Waals surface area (Å²) in [7, 11) is 1.40. The van der Waals surface area contributed by atoms with E-state index in [2.05, 4.69) is 50.1 Å². The van der Waals surface area contributed by atoms with Crippen molar-refractivity contribution in [3.05, 3.63) is 136 Å². The van der Waals surface area contributed by atoms with Crippen LogP contribution in [0.5, 0.6) is 0 Å². The molecule has 3 aromatic carbocycles. The number of carbonyl (C=O) groups is 1. The normalized spacial score (nSPS) is 10.8. The van der Waals surface area contributed by atoms with E-state index in [1.165, 1.54) is 7.11 Å². The summed E-state index contributed by atoms with van der Waals surface area (Å²) < 4.78 is 12.6. The zero-order valence-electron chi connectivity index (χ0n) is 21.0. The molecule has 0 aliphatic rings. The van der Waals surface area contributed by atoms with Gasteiger partial charge in [-0.1, -0.05) is 82.7 Å². The molecule has 5 aromatic rings. The summed E-state index contributed by atoms with van der Waals surface area (Å²) in [6.07, 6.45) is 2.43. The third-order valence-electron chi connectivity index (χ3n) is 6.31. The molecular weight excluding hydrogens is 540 g/mol. The average Bonchev–Trinajstić information content (AvgIpc) is 3.30. The summed E-state index contributed by atoms with van der Waals surface area (Å²) in [4.78, 5) is 19.3. The van der Waals surface area contributed by atoms with Crippen LogP contribution in [0.3, 0.4) is 0 Å². The highest BCUT2D eigenvalue weighted by Crippen LogP contribution is 2.44. The maximum Gasteiger partial charge on any atom is 0.313 e. The fraction of sp³-hybridized carbons (Fsp3) is 0.125. The van der Waals surface area contributed by atoms with Gasteiger partial charge in [-0.25, -0.2) is 0 Å². The predicted octanol–water partition coefficient (Wildman–Crippen LogP) is 7.75. The highest BCUT2D eigenvalue weighted by Gasteiger charge is 2.28. The fourth-order valence-electron chi connectivity index (χ4n) is 4.47. The van der Waals surface area contributed by atoms with E-state index in [9.17, 15) is 4.79 Å². The Bertz CT molecular complexity index is 1490. The maximum absolute atomic E-state index is 12.5. The molecule has 0 unspecified atom stereocenters. The first kappa shape index (κ1) is 25.5. The smallest absolute Gasteiger partial charge is 0.313 e. The Balaban J connectivity index is 1.76. The highest BCUT2D eigenvalue weighted by atomic mass is 79.9. The molecule has 0 saturated carbocycles. The molecule has 0 amide bonds. The van der Waals surface area contributed by atoms with E-state index in [0.717, 1.165) is 38.2 Å². The van der Waals surface area contributed by atoms with Crippen LogP contribution in [0.4, 0.5) is 11.4 Å². The first-order chi connectivity index (χ1) is 18.6. The summed E-state index contributed by atoms with van der Waals surface area (Å²) in [5, 5.41) is 0. The Labute approximate surface area is 230 Å². The lowest BCUT2D eigenvalue weighted by Gasteiger charge is -2.26. The zero-order chi connectivity index (χ0) is 26.3. The molecule has 0 fully saturated rings. The Kier molecular flexibility index (Phi) is 8.00. The largest absolute Gasteiger partial charge is 0.469 e. The van der Waals surface area contributed by atoms with E-state index in [0.29, 0.717) is 24.5 Å². The van der Waals surface area contributed by atoms with Gasteiger partial charge in [-0.15, -0.1) is 0 Å². The van der Waals surface area contributed by atoms with Gasteiger partial charge in [0.05, 0.1) is 25.0 Å². The molecule has 190 valence electrons. The fourth-order valence-corrected chi connectivity index (χ4v) is 4.74. The number of para-hydroxylation sites is 1. The van der Waals surface area contributed by atoms with Crippen LogP contribution in [0.15, 0.2) is 118 Å². The average molecular weight is 567 g/mol. The van der Waals surface area contributed by atoms with Crippen LogP contribution in [-0.4, -0.2) is 18.1 Å². The van der Waals surface area contributed by atoms with Crippen molar-refractivity contribution in [2.75, 3.05) is 12.0 Å². The van der Waals surface area contributed by atoms with Crippen molar-refractivity contribution in [2.45, 2.75) is 19.4 Å². The second-order valence-corrected chi connectivity index (χ2v) is 9.76. The van der Waals surface area contributed by atoms with Crippen LogP contribution in [0.2, 0.25) is 0 Å². The Hall–Kier alpha value is -4.16. The molecule has 5 nitrogen and oxygen atoms in total. The zero-order valence-corrected chi connectivity index (χ0v) is 22.6. The number of aromatic nitrogens is 1. The number of nitrogens with zero attached hydrogens (tertiary/aromatic N) is 2. The first-order valence-corrected chi connectivity index (χ1v) is 13.2. The van der Waals surface area contributed by atoms with Crippen LogP contribution >= 0.6 is 15.9 Å². The molecule has 0 aliphatic heterocycles. The van der Waals surface area contributed by atoms with Gasteiger partial charge in [0.2, 0.25) is 0 Å². The molecule has 0 saturated heterocycles. The van der Waals surface area contributed by atoms with Crippen molar-refractivity contribution >= 4 is 33.3 Å². The van der Waals surface area contributed by atoms with Crippen molar-refractivity contribution < 1.29 is 13.9 Å². The molecule has 0 spiro atoms. The Morgan fingerprint density at radius 1 is 0.895 bits per heavy atom. The third-order valence-corrected chi connectivity index (χ3v) is 6.84. The Morgan fingerprint density at radius 3 is 2.24 bits per heavy atom. The van der Waals surface area contributed by atoms with E-state index in [1.807, 2.05) is 78.9 Å².